The highest BCUT2D eigenvalue weighted by molar-refractivity contribution is 7.18. The second-order valence-electron chi connectivity index (χ2n) is 4.92. The van der Waals surface area contributed by atoms with Crippen LogP contribution in [0.2, 0.25) is 0 Å². The van der Waals surface area contributed by atoms with Gasteiger partial charge in [0.2, 0.25) is 5.13 Å². The summed E-state index contributed by atoms with van der Waals surface area (Å²) >= 11 is 1.42. The Labute approximate surface area is 122 Å². The number of hydrogen-bond donors (Lipinski definition) is 1. The Morgan fingerprint density at radius 1 is 1.40 bits per heavy atom. The standard InChI is InChI=1S/C14H20N4OS/c1-4-5-8-15-14-17-16-12(20-14)11-7-6-9-18(10(2)3)13(11)19/h6-7,9-10H,4-5,8H2,1-3H3,(H,15,17). The zero-order valence-corrected chi connectivity index (χ0v) is 12.9. The second kappa shape index (κ2) is 6.65. The summed E-state index contributed by atoms with van der Waals surface area (Å²) in [6, 6.07) is 3.82. The monoisotopic (exact) mass is 292 g/mol. The molecule has 0 radical (unpaired) electrons. The topological polar surface area (TPSA) is 59.8 Å². The van der Waals surface area contributed by atoms with Gasteiger partial charge in [0.25, 0.3) is 5.56 Å². The largest absolute Gasteiger partial charge is 0.360 e. The molecule has 0 aliphatic rings. The van der Waals surface area contributed by atoms with Gasteiger partial charge in [-0.3, -0.25) is 4.79 Å². The summed E-state index contributed by atoms with van der Waals surface area (Å²) in [5.74, 6) is 0. The molecule has 0 atom stereocenters. The maximum absolute atomic E-state index is 12.4. The van der Waals surface area contributed by atoms with Gasteiger partial charge in [0, 0.05) is 18.8 Å². The molecule has 0 spiro atoms. The summed E-state index contributed by atoms with van der Waals surface area (Å²) in [5, 5.41) is 12.9. The molecule has 2 aromatic heterocycles. The molecule has 1 N–H and O–H groups in total. The van der Waals surface area contributed by atoms with Crippen molar-refractivity contribution in [3.05, 3.63) is 28.7 Å². The highest BCUT2D eigenvalue weighted by Crippen LogP contribution is 2.24. The van der Waals surface area contributed by atoms with E-state index in [0.29, 0.717) is 10.6 Å². The minimum Gasteiger partial charge on any atom is -0.360 e. The number of unbranched alkanes of at least 4 members (excludes halogenated alkanes) is 1. The first kappa shape index (κ1) is 14.7. The van der Waals surface area contributed by atoms with E-state index in [4.69, 9.17) is 0 Å². The van der Waals surface area contributed by atoms with Crippen LogP contribution in [0.25, 0.3) is 10.6 Å². The Balaban J connectivity index is 2.24. The lowest BCUT2D eigenvalue weighted by Gasteiger charge is -2.09. The van der Waals surface area contributed by atoms with E-state index in [1.54, 1.807) is 16.8 Å². The summed E-state index contributed by atoms with van der Waals surface area (Å²) in [6.07, 6.45) is 4.04. The molecule has 0 bridgehead atoms. The minimum absolute atomic E-state index is 0.0150. The molecule has 2 aromatic rings. The van der Waals surface area contributed by atoms with E-state index in [0.717, 1.165) is 24.5 Å². The number of pyridine rings is 1. The third-order valence-corrected chi connectivity index (χ3v) is 3.91. The SMILES string of the molecule is CCCCNc1nnc(-c2cccn(C(C)C)c2=O)s1. The third kappa shape index (κ3) is 3.25. The number of rotatable bonds is 6. The van der Waals surface area contributed by atoms with Crippen molar-refractivity contribution in [2.75, 3.05) is 11.9 Å². The maximum Gasteiger partial charge on any atom is 0.261 e. The van der Waals surface area contributed by atoms with E-state index in [9.17, 15) is 4.79 Å². The Morgan fingerprint density at radius 3 is 2.90 bits per heavy atom. The quantitative estimate of drug-likeness (QED) is 0.831. The lowest BCUT2D eigenvalue weighted by atomic mass is 10.2. The maximum atomic E-state index is 12.4. The van der Waals surface area contributed by atoms with Crippen LogP contribution in [0.15, 0.2) is 23.1 Å². The number of aromatic nitrogens is 3. The fraction of sp³-hybridized carbons (Fsp3) is 0.500. The normalized spacial score (nSPS) is 11.0. The van der Waals surface area contributed by atoms with E-state index in [1.165, 1.54) is 11.3 Å². The van der Waals surface area contributed by atoms with Crippen molar-refractivity contribution in [2.24, 2.45) is 0 Å². The van der Waals surface area contributed by atoms with Gasteiger partial charge < -0.3 is 9.88 Å². The first-order chi connectivity index (χ1) is 9.63. The zero-order valence-electron chi connectivity index (χ0n) is 12.1. The molecule has 108 valence electrons. The summed E-state index contributed by atoms with van der Waals surface area (Å²) < 4.78 is 1.71. The number of anilines is 1. The molecule has 0 fully saturated rings. The van der Waals surface area contributed by atoms with Gasteiger partial charge in [-0.05, 0) is 32.4 Å². The van der Waals surface area contributed by atoms with E-state index in [-0.39, 0.29) is 11.6 Å². The molecule has 0 amide bonds. The van der Waals surface area contributed by atoms with Crippen LogP contribution in [0.5, 0.6) is 0 Å². The fourth-order valence-electron chi connectivity index (χ4n) is 1.86. The zero-order chi connectivity index (χ0) is 14.5. The summed E-state index contributed by atoms with van der Waals surface area (Å²) in [6.45, 7) is 7.01. The average Bonchev–Trinajstić information content (AvgIpc) is 2.87. The van der Waals surface area contributed by atoms with Crippen molar-refractivity contribution in [1.29, 1.82) is 0 Å². The average molecular weight is 292 g/mol. The van der Waals surface area contributed by atoms with Gasteiger partial charge in [0.1, 0.15) is 0 Å². The van der Waals surface area contributed by atoms with Crippen molar-refractivity contribution in [1.82, 2.24) is 14.8 Å². The van der Waals surface area contributed by atoms with E-state index < -0.39 is 0 Å². The minimum atomic E-state index is -0.0150. The van der Waals surface area contributed by atoms with Crippen LogP contribution in [0.4, 0.5) is 5.13 Å². The molecule has 0 unspecified atom stereocenters. The van der Waals surface area contributed by atoms with Gasteiger partial charge in [-0.25, -0.2) is 0 Å². The van der Waals surface area contributed by atoms with E-state index >= 15 is 0 Å². The van der Waals surface area contributed by atoms with Crippen LogP contribution in [0.3, 0.4) is 0 Å². The van der Waals surface area contributed by atoms with Crippen molar-refractivity contribution >= 4 is 16.5 Å². The lowest BCUT2D eigenvalue weighted by Crippen LogP contribution is -2.22. The van der Waals surface area contributed by atoms with Crippen LogP contribution in [-0.4, -0.2) is 21.3 Å². The molecular weight excluding hydrogens is 272 g/mol. The molecule has 0 aliphatic heterocycles. The molecular formula is C14H20N4OS. The fourth-order valence-corrected chi connectivity index (χ4v) is 2.64. The summed E-state index contributed by atoms with van der Waals surface area (Å²) in [7, 11) is 0. The Bertz CT molecular complexity index is 618. The summed E-state index contributed by atoms with van der Waals surface area (Å²) in [4.78, 5) is 12.4. The van der Waals surface area contributed by atoms with Crippen LogP contribution in [0, 0.1) is 0 Å². The van der Waals surface area contributed by atoms with Crippen molar-refractivity contribution in [3.63, 3.8) is 0 Å². The van der Waals surface area contributed by atoms with Gasteiger partial charge in [-0.15, -0.1) is 10.2 Å². The molecule has 0 saturated carbocycles. The Morgan fingerprint density at radius 2 is 2.20 bits per heavy atom. The molecule has 2 heterocycles. The highest BCUT2D eigenvalue weighted by Gasteiger charge is 2.12. The smallest absolute Gasteiger partial charge is 0.261 e. The molecule has 2 rings (SSSR count). The number of hydrogen-bond acceptors (Lipinski definition) is 5. The third-order valence-electron chi connectivity index (χ3n) is 2.99. The van der Waals surface area contributed by atoms with Crippen LogP contribution in [0.1, 0.15) is 39.7 Å². The second-order valence-corrected chi connectivity index (χ2v) is 5.90. The van der Waals surface area contributed by atoms with Gasteiger partial charge in [-0.1, -0.05) is 24.7 Å². The first-order valence-electron chi connectivity index (χ1n) is 6.92. The molecule has 0 saturated heterocycles. The number of nitrogens with zero attached hydrogens (tertiary/aromatic N) is 3. The molecule has 0 aliphatic carbocycles. The first-order valence-corrected chi connectivity index (χ1v) is 7.74. The van der Waals surface area contributed by atoms with Crippen LogP contribution in [-0.2, 0) is 0 Å². The lowest BCUT2D eigenvalue weighted by molar-refractivity contribution is 0.579. The highest BCUT2D eigenvalue weighted by atomic mass is 32.1. The predicted molar refractivity (Wildman–Crippen MR) is 83.4 cm³/mol. The van der Waals surface area contributed by atoms with Gasteiger partial charge in [-0.2, -0.15) is 0 Å². The van der Waals surface area contributed by atoms with Crippen molar-refractivity contribution in [3.8, 4) is 10.6 Å². The number of nitrogens with one attached hydrogen (secondary N) is 1. The van der Waals surface area contributed by atoms with Crippen molar-refractivity contribution in [2.45, 2.75) is 39.7 Å². The van der Waals surface area contributed by atoms with Gasteiger partial charge in [0.05, 0.1) is 5.56 Å². The molecule has 5 nitrogen and oxygen atoms in total. The molecule has 0 aromatic carbocycles. The molecule has 6 heteroatoms. The summed E-state index contributed by atoms with van der Waals surface area (Å²) in [5.41, 5.74) is 0.598. The van der Waals surface area contributed by atoms with Crippen LogP contribution >= 0.6 is 11.3 Å². The van der Waals surface area contributed by atoms with Gasteiger partial charge >= 0.3 is 0 Å². The Kier molecular flexibility index (Phi) is 4.89. The molecule has 20 heavy (non-hydrogen) atoms. The van der Waals surface area contributed by atoms with Crippen molar-refractivity contribution < 1.29 is 0 Å². The predicted octanol–water partition coefficient (Wildman–Crippen LogP) is 3.16. The Hall–Kier alpha value is -1.69. The van der Waals surface area contributed by atoms with Crippen LogP contribution < -0.4 is 10.9 Å². The van der Waals surface area contributed by atoms with Gasteiger partial charge in [0.15, 0.2) is 5.01 Å². The van der Waals surface area contributed by atoms with E-state index in [1.807, 2.05) is 19.9 Å². The van der Waals surface area contributed by atoms with E-state index in [2.05, 4.69) is 22.4 Å².